The molecule has 0 saturated carbocycles. The zero-order valence-corrected chi connectivity index (χ0v) is 17.3. The molecule has 0 spiro atoms. The van der Waals surface area contributed by atoms with Crippen LogP contribution in [0.2, 0.25) is 0 Å². The second-order valence-electron chi connectivity index (χ2n) is 6.73. The van der Waals surface area contributed by atoms with Gasteiger partial charge in [0, 0.05) is 35.9 Å². The smallest absolute Gasteiger partial charge is 0.319 e. The summed E-state index contributed by atoms with van der Waals surface area (Å²) in [6, 6.07) is 9.86. The standard InChI is InChI=1S/C22H19N7O2/c1-14-18(8-20(28-27-14)19-11-25-22(31-3)26-21(19)30-2)16-6-7-29(12-16)13-17-5-4-15(9-23)10-24-17/h4-8,10-12H,13H2,1-3H3. The van der Waals surface area contributed by atoms with Gasteiger partial charge in [-0.1, -0.05) is 0 Å². The van der Waals surface area contributed by atoms with E-state index in [0.29, 0.717) is 29.2 Å². The van der Waals surface area contributed by atoms with Crippen LogP contribution in [0.1, 0.15) is 17.0 Å². The fourth-order valence-corrected chi connectivity index (χ4v) is 3.13. The van der Waals surface area contributed by atoms with Gasteiger partial charge in [-0.25, -0.2) is 4.98 Å². The van der Waals surface area contributed by atoms with Crippen LogP contribution in [-0.2, 0) is 6.54 Å². The Kier molecular flexibility index (Phi) is 5.53. The third-order valence-corrected chi connectivity index (χ3v) is 4.72. The number of nitrogens with zero attached hydrogens (tertiary/aromatic N) is 7. The highest BCUT2D eigenvalue weighted by Gasteiger charge is 2.15. The molecule has 0 bridgehead atoms. The summed E-state index contributed by atoms with van der Waals surface area (Å²) in [7, 11) is 3.03. The molecule has 0 atom stereocenters. The summed E-state index contributed by atoms with van der Waals surface area (Å²) < 4.78 is 12.5. The van der Waals surface area contributed by atoms with E-state index in [9.17, 15) is 0 Å². The second-order valence-corrected chi connectivity index (χ2v) is 6.73. The summed E-state index contributed by atoms with van der Waals surface area (Å²) in [6.45, 7) is 2.50. The van der Waals surface area contributed by atoms with Gasteiger partial charge in [-0.15, -0.1) is 5.10 Å². The summed E-state index contributed by atoms with van der Waals surface area (Å²) in [6.07, 6.45) is 7.18. The van der Waals surface area contributed by atoms with E-state index in [1.807, 2.05) is 42.1 Å². The van der Waals surface area contributed by atoms with Gasteiger partial charge in [-0.05, 0) is 31.2 Å². The van der Waals surface area contributed by atoms with Gasteiger partial charge < -0.3 is 14.0 Å². The quantitative estimate of drug-likeness (QED) is 0.474. The maximum atomic E-state index is 8.91. The van der Waals surface area contributed by atoms with Crippen LogP contribution in [0.3, 0.4) is 0 Å². The van der Waals surface area contributed by atoms with Crippen LogP contribution in [0.4, 0.5) is 0 Å². The summed E-state index contributed by atoms with van der Waals surface area (Å²) >= 11 is 0. The number of nitriles is 1. The molecule has 31 heavy (non-hydrogen) atoms. The van der Waals surface area contributed by atoms with Gasteiger partial charge in [0.15, 0.2) is 0 Å². The van der Waals surface area contributed by atoms with Gasteiger partial charge in [-0.3, -0.25) is 4.98 Å². The maximum absolute atomic E-state index is 8.91. The zero-order valence-electron chi connectivity index (χ0n) is 17.3. The van der Waals surface area contributed by atoms with Crippen molar-refractivity contribution in [3.05, 3.63) is 66.0 Å². The van der Waals surface area contributed by atoms with E-state index >= 15 is 0 Å². The molecule has 0 fully saturated rings. The Morgan fingerprint density at radius 3 is 2.61 bits per heavy atom. The molecule has 0 radical (unpaired) electrons. The molecule has 0 saturated heterocycles. The lowest BCUT2D eigenvalue weighted by molar-refractivity contribution is 0.353. The van der Waals surface area contributed by atoms with Gasteiger partial charge in [0.05, 0.1) is 43.3 Å². The first-order valence-electron chi connectivity index (χ1n) is 9.42. The molecule has 0 aliphatic rings. The van der Waals surface area contributed by atoms with Crippen molar-refractivity contribution in [2.75, 3.05) is 14.2 Å². The molecule has 4 aromatic rings. The third kappa shape index (κ3) is 4.18. The molecule has 154 valence electrons. The van der Waals surface area contributed by atoms with Crippen LogP contribution in [-0.4, -0.2) is 43.9 Å². The Balaban J connectivity index is 1.64. The molecule has 0 amide bonds. The van der Waals surface area contributed by atoms with Crippen molar-refractivity contribution in [2.45, 2.75) is 13.5 Å². The first-order valence-corrected chi connectivity index (χ1v) is 9.42. The number of methoxy groups -OCH3 is 2. The van der Waals surface area contributed by atoms with Crippen molar-refractivity contribution >= 4 is 0 Å². The topological polar surface area (TPSA) is 112 Å². The van der Waals surface area contributed by atoms with Crippen LogP contribution < -0.4 is 9.47 Å². The summed E-state index contributed by atoms with van der Waals surface area (Å²) in [4.78, 5) is 12.7. The first-order chi connectivity index (χ1) is 15.1. The van der Waals surface area contributed by atoms with Gasteiger partial charge in [-0.2, -0.15) is 15.3 Å². The molecule has 9 heteroatoms. The lowest BCUT2D eigenvalue weighted by atomic mass is 10.1. The van der Waals surface area contributed by atoms with Gasteiger partial charge in [0.2, 0.25) is 5.88 Å². The Labute approximate surface area is 179 Å². The van der Waals surface area contributed by atoms with Crippen LogP contribution in [0, 0.1) is 18.3 Å². The summed E-state index contributed by atoms with van der Waals surface area (Å²) in [5.41, 5.74) is 5.36. The van der Waals surface area contributed by atoms with Crippen LogP contribution in [0.15, 0.2) is 49.1 Å². The normalized spacial score (nSPS) is 10.5. The van der Waals surface area contributed by atoms with E-state index in [2.05, 4.69) is 31.2 Å². The number of hydrogen-bond acceptors (Lipinski definition) is 8. The molecule has 0 aliphatic heterocycles. The van der Waals surface area contributed by atoms with Crippen LogP contribution >= 0.6 is 0 Å². The van der Waals surface area contributed by atoms with Crippen molar-refractivity contribution in [1.29, 1.82) is 5.26 Å². The molecule has 0 aliphatic carbocycles. The Bertz CT molecular complexity index is 1260. The average molecular weight is 413 g/mol. The van der Waals surface area contributed by atoms with Crippen molar-refractivity contribution in [2.24, 2.45) is 0 Å². The van der Waals surface area contributed by atoms with Gasteiger partial charge in [0.1, 0.15) is 11.8 Å². The minimum atomic E-state index is 0.217. The third-order valence-electron chi connectivity index (χ3n) is 4.72. The predicted molar refractivity (Wildman–Crippen MR) is 112 cm³/mol. The van der Waals surface area contributed by atoms with E-state index in [4.69, 9.17) is 14.7 Å². The predicted octanol–water partition coefficient (Wildman–Crippen LogP) is 3.04. The minimum Gasteiger partial charge on any atom is -0.480 e. The van der Waals surface area contributed by atoms with Crippen LogP contribution in [0.5, 0.6) is 11.9 Å². The maximum Gasteiger partial charge on any atom is 0.319 e. The van der Waals surface area contributed by atoms with Crippen molar-refractivity contribution in [3.8, 4) is 40.3 Å². The lowest BCUT2D eigenvalue weighted by Gasteiger charge is -2.09. The summed E-state index contributed by atoms with van der Waals surface area (Å²) in [5.74, 6) is 0.361. The fraction of sp³-hybridized carbons (Fsp3) is 0.182. The molecule has 4 rings (SSSR count). The van der Waals surface area contributed by atoms with E-state index in [1.165, 1.54) is 14.2 Å². The molecule has 4 aromatic heterocycles. The SMILES string of the molecule is COc1ncc(-c2cc(-c3ccn(Cc4ccc(C#N)cn4)c3)c(C)nn2)c(OC)n1. The van der Waals surface area contributed by atoms with Gasteiger partial charge >= 0.3 is 6.01 Å². The van der Waals surface area contributed by atoms with Crippen molar-refractivity contribution in [3.63, 3.8) is 0 Å². The number of aryl methyl sites for hydroxylation is 1. The number of hydrogen-bond donors (Lipinski definition) is 0. The largest absolute Gasteiger partial charge is 0.480 e. The Morgan fingerprint density at radius 1 is 1.03 bits per heavy atom. The van der Waals surface area contributed by atoms with Crippen molar-refractivity contribution in [1.82, 2.24) is 29.7 Å². The highest BCUT2D eigenvalue weighted by molar-refractivity contribution is 5.73. The number of rotatable bonds is 6. The number of ether oxygens (including phenoxy) is 2. The monoisotopic (exact) mass is 413 g/mol. The van der Waals surface area contributed by atoms with E-state index < -0.39 is 0 Å². The highest BCUT2D eigenvalue weighted by atomic mass is 16.5. The molecule has 0 unspecified atom stereocenters. The molecular weight excluding hydrogens is 394 g/mol. The lowest BCUT2D eigenvalue weighted by Crippen LogP contribution is -2.01. The van der Waals surface area contributed by atoms with E-state index in [1.54, 1.807) is 18.5 Å². The molecule has 0 N–H and O–H groups in total. The zero-order chi connectivity index (χ0) is 21.8. The van der Waals surface area contributed by atoms with Crippen LogP contribution in [0.25, 0.3) is 22.4 Å². The van der Waals surface area contributed by atoms with Gasteiger partial charge in [0.25, 0.3) is 0 Å². The van der Waals surface area contributed by atoms with E-state index in [0.717, 1.165) is 22.5 Å². The molecule has 9 nitrogen and oxygen atoms in total. The van der Waals surface area contributed by atoms with Crippen molar-refractivity contribution < 1.29 is 9.47 Å². The first kappa shape index (κ1) is 20.0. The highest BCUT2D eigenvalue weighted by Crippen LogP contribution is 2.31. The minimum absolute atomic E-state index is 0.217. The summed E-state index contributed by atoms with van der Waals surface area (Å²) in [5, 5.41) is 17.5. The average Bonchev–Trinajstić information content (AvgIpc) is 3.27. The number of pyridine rings is 1. The fourth-order valence-electron chi connectivity index (χ4n) is 3.13. The Morgan fingerprint density at radius 2 is 1.90 bits per heavy atom. The molecular formula is C22H19N7O2. The molecule has 4 heterocycles. The number of aromatic nitrogens is 6. The second kappa shape index (κ2) is 8.59. The van der Waals surface area contributed by atoms with E-state index in [-0.39, 0.29) is 6.01 Å². The Hall–Kier alpha value is -4.32. The molecule has 0 aromatic carbocycles.